The van der Waals surface area contributed by atoms with Crippen LogP contribution in [0.25, 0.3) is 0 Å². The molecule has 0 aromatic heterocycles. The van der Waals surface area contributed by atoms with Crippen molar-refractivity contribution in [2.75, 3.05) is 31.1 Å². The van der Waals surface area contributed by atoms with Crippen LogP contribution in [0.4, 0.5) is 10.1 Å². The largest absolute Gasteiger partial charge is 0.360 e. The highest BCUT2D eigenvalue weighted by Crippen LogP contribution is 2.14. The van der Waals surface area contributed by atoms with Crippen LogP contribution in [0.15, 0.2) is 54.6 Å². The maximum atomic E-state index is 13.0. The quantitative estimate of drug-likeness (QED) is 0.858. The number of carbonyl (C=O) groups is 1. The third kappa shape index (κ3) is 4.57. The normalized spacial score (nSPS) is 16.5. The summed E-state index contributed by atoms with van der Waals surface area (Å²) in [4.78, 5) is 16.0. The Bertz CT molecular complexity index is 682. The van der Waals surface area contributed by atoms with Gasteiger partial charge in [0.1, 0.15) is 5.82 Å². The summed E-state index contributed by atoms with van der Waals surface area (Å²) in [5, 5.41) is 3.03. The van der Waals surface area contributed by atoms with Gasteiger partial charge in [0.05, 0.1) is 26.2 Å². The molecule has 1 saturated heterocycles. The molecule has 1 fully saturated rings. The summed E-state index contributed by atoms with van der Waals surface area (Å²) in [5.41, 5.74) is 2.15. The van der Waals surface area contributed by atoms with E-state index in [1.807, 2.05) is 49.4 Å². The summed E-state index contributed by atoms with van der Waals surface area (Å²) < 4.78 is 13.0. The Morgan fingerprint density at radius 3 is 2.40 bits per heavy atom. The van der Waals surface area contributed by atoms with E-state index in [9.17, 15) is 9.18 Å². The van der Waals surface area contributed by atoms with Crippen molar-refractivity contribution in [3.05, 3.63) is 66.0 Å². The Morgan fingerprint density at radius 2 is 1.76 bits per heavy atom. The average Bonchev–Trinajstić information content (AvgIpc) is 2.67. The van der Waals surface area contributed by atoms with Gasteiger partial charge in [0, 0.05) is 12.2 Å². The van der Waals surface area contributed by atoms with Gasteiger partial charge in [-0.25, -0.2) is 4.39 Å². The molecule has 2 aromatic rings. The zero-order chi connectivity index (χ0) is 17.6. The highest BCUT2D eigenvalue weighted by atomic mass is 19.1. The molecule has 1 aliphatic rings. The smallest absolute Gasteiger partial charge is 0.278 e. The lowest BCUT2D eigenvalue weighted by Crippen LogP contribution is -3.19. The Morgan fingerprint density at radius 1 is 1.12 bits per heavy atom. The molecular weight excluding hydrogens is 317 g/mol. The molecule has 3 rings (SSSR count). The first-order valence-corrected chi connectivity index (χ1v) is 8.80. The van der Waals surface area contributed by atoms with Gasteiger partial charge in [0.25, 0.3) is 5.91 Å². The van der Waals surface area contributed by atoms with E-state index in [0.717, 1.165) is 37.4 Å². The molecule has 2 N–H and O–H groups in total. The molecule has 1 heterocycles. The van der Waals surface area contributed by atoms with E-state index in [0.29, 0.717) is 6.54 Å². The molecule has 25 heavy (non-hydrogen) atoms. The summed E-state index contributed by atoms with van der Waals surface area (Å²) in [6, 6.07) is 16.5. The van der Waals surface area contributed by atoms with E-state index in [1.54, 1.807) is 0 Å². The number of benzene rings is 2. The minimum Gasteiger partial charge on any atom is -0.360 e. The highest BCUT2D eigenvalue weighted by Gasteiger charge is 2.29. The highest BCUT2D eigenvalue weighted by molar-refractivity contribution is 5.79. The van der Waals surface area contributed by atoms with Gasteiger partial charge in [0.2, 0.25) is 0 Å². The third-order valence-electron chi connectivity index (χ3n) is 4.91. The fraction of sp³-hybridized carbons (Fsp3) is 0.350. The lowest BCUT2D eigenvalue weighted by atomic mass is 10.2. The van der Waals surface area contributed by atoms with Crippen LogP contribution in [-0.2, 0) is 11.3 Å². The van der Waals surface area contributed by atoms with Gasteiger partial charge in [-0.1, -0.05) is 30.3 Å². The molecule has 0 aliphatic carbocycles. The first kappa shape index (κ1) is 17.4. The predicted molar refractivity (Wildman–Crippen MR) is 97.1 cm³/mol. The van der Waals surface area contributed by atoms with Crippen molar-refractivity contribution in [2.24, 2.45) is 0 Å². The minimum atomic E-state index is -0.211. The fourth-order valence-electron chi connectivity index (χ4n) is 3.26. The Kier molecular flexibility index (Phi) is 5.66. The monoisotopic (exact) mass is 342 g/mol. The number of rotatable bonds is 5. The summed E-state index contributed by atoms with van der Waals surface area (Å²) in [6.07, 6.45) is 0. The van der Waals surface area contributed by atoms with Crippen LogP contribution in [-0.4, -0.2) is 38.1 Å². The lowest BCUT2D eigenvalue weighted by Gasteiger charge is -2.36. The molecule has 132 valence electrons. The second kappa shape index (κ2) is 8.12. The maximum Gasteiger partial charge on any atom is 0.278 e. The zero-order valence-electron chi connectivity index (χ0n) is 14.5. The van der Waals surface area contributed by atoms with Crippen molar-refractivity contribution in [1.29, 1.82) is 0 Å². The van der Waals surface area contributed by atoms with E-state index in [-0.39, 0.29) is 17.8 Å². The van der Waals surface area contributed by atoms with Gasteiger partial charge in [-0.3, -0.25) is 4.79 Å². The van der Waals surface area contributed by atoms with Gasteiger partial charge in [-0.15, -0.1) is 0 Å². The number of carbonyl (C=O) groups excluding carboxylic acids is 1. The topological polar surface area (TPSA) is 36.8 Å². The number of piperazine rings is 1. The van der Waals surface area contributed by atoms with E-state index in [2.05, 4.69) is 10.2 Å². The van der Waals surface area contributed by atoms with E-state index < -0.39 is 0 Å². The van der Waals surface area contributed by atoms with Gasteiger partial charge in [-0.2, -0.15) is 0 Å². The molecule has 0 saturated carbocycles. The van der Waals surface area contributed by atoms with Crippen molar-refractivity contribution < 1.29 is 14.1 Å². The molecule has 4 nitrogen and oxygen atoms in total. The molecule has 5 heteroatoms. The number of nitrogens with one attached hydrogen (secondary N) is 2. The molecule has 0 bridgehead atoms. The number of hydrogen-bond acceptors (Lipinski definition) is 2. The van der Waals surface area contributed by atoms with Crippen molar-refractivity contribution >= 4 is 11.6 Å². The first-order valence-electron chi connectivity index (χ1n) is 8.80. The number of anilines is 1. The minimum absolute atomic E-state index is 0.0703. The van der Waals surface area contributed by atoms with Crippen LogP contribution in [0, 0.1) is 5.82 Å². The molecule has 1 amide bonds. The average molecular weight is 342 g/mol. The van der Waals surface area contributed by atoms with Crippen LogP contribution in [0.3, 0.4) is 0 Å². The van der Waals surface area contributed by atoms with Crippen LogP contribution < -0.4 is 15.1 Å². The predicted octanol–water partition coefficient (Wildman–Crippen LogP) is 1.24. The lowest BCUT2D eigenvalue weighted by molar-refractivity contribution is -0.914. The van der Waals surface area contributed by atoms with Crippen LogP contribution in [0.1, 0.15) is 12.5 Å². The van der Waals surface area contributed by atoms with Crippen LogP contribution in [0.2, 0.25) is 0 Å². The van der Waals surface area contributed by atoms with Gasteiger partial charge in [-0.05, 0) is 36.8 Å². The molecule has 0 unspecified atom stereocenters. The van der Waals surface area contributed by atoms with Gasteiger partial charge in [0.15, 0.2) is 6.04 Å². The Labute approximate surface area is 148 Å². The van der Waals surface area contributed by atoms with Crippen molar-refractivity contribution in [3.8, 4) is 0 Å². The number of hydrogen-bond donors (Lipinski definition) is 2. The molecule has 1 aliphatic heterocycles. The molecule has 0 radical (unpaired) electrons. The fourth-order valence-corrected chi connectivity index (χ4v) is 3.26. The van der Waals surface area contributed by atoms with Crippen molar-refractivity contribution in [3.63, 3.8) is 0 Å². The maximum absolute atomic E-state index is 13.0. The zero-order valence-corrected chi connectivity index (χ0v) is 14.5. The van der Waals surface area contributed by atoms with Crippen molar-refractivity contribution in [1.82, 2.24) is 5.32 Å². The van der Waals surface area contributed by atoms with Crippen LogP contribution >= 0.6 is 0 Å². The standard InChI is InChI=1S/C20H24FN3O/c1-16(20(25)22-15-17-5-3-2-4-6-17)23-11-13-24(14-12-23)19-9-7-18(21)8-10-19/h2-10,16H,11-15H2,1H3,(H,22,25)/p+1/t16-/m1/s1. The SMILES string of the molecule is C[C@H](C(=O)NCc1ccccc1)[NH+]1CCN(c2ccc(F)cc2)CC1. The molecular formula is C20H25FN3O+. The molecule has 1 atom stereocenters. The van der Waals surface area contributed by atoms with Gasteiger partial charge < -0.3 is 15.1 Å². The number of nitrogens with zero attached hydrogens (tertiary/aromatic N) is 1. The summed E-state index contributed by atoms with van der Waals surface area (Å²) in [6.45, 7) is 6.10. The summed E-state index contributed by atoms with van der Waals surface area (Å²) in [7, 11) is 0. The first-order chi connectivity index (χ1) is 12.1. The number of quaternary nitrogens is 1. The van der Waals surface area contributed by atoms with Crippen molar-refractivity contribution in [2.45, 2.75) is 19.5 Å². The van der Waals surface area contributed by atoms with E-state index in [4.69, 9.17) is 0 Å². The van der Waals surface area contributed by atoms with Crippen LogP contribution in [0.5, 0.6) is 0 Å². The second-order valence-electron chi connectivity index (χ2n) is 6.55. The molecule has 0 spiro atoms. The Balaban J connectivity index is 1.48. The number of halogens is 1. The summed E-state index contributed by atoms with van der Waals surface area (Å²) in [5.74, 6) is -0.120. The second-order valence-corrected chi connectivity index (χ2v) is 6.55. The van der Waals surface area contributed by atoms with E-state index in [1.165, 1.54) is 17.0 Å². The van der Waals surface area contributed by atoms with Gasteiger partial charge >= 0.3 is 0 Å². The summed E-state index contributed by atoms with van der Waals surface area (Å²) >= 11 is 0. The Hall–Kier alpha value is -2.40. The number of amides is 1. The third-order valence-corrected chi connectivity index (χ3v) is 4.91. The van der Waals surface area contributed by atoms with E-state index >= 15 is 0 Å². The molecule has 2 aromatic carbocycles.